The smallest absolute Gasteiger partial charge is 0.417 e. The van der Waals surface area contributed by atoms with Gasteiger partial charge in [-0.15, -0.1) is 0 Å². The first kappa shape index (κ1) is 28.6. The van der Waals surface area contributed by atoms with Crippen molar-refractivity contribution in [3.8, 4) is 5.75 Å². The Balaban J connectivity index is 2.12. The van der Waals surface area contributed by atoms with Crippen molar-refractivity contribution >= 4 is 23.6 Å². The summed E-state index contributed by atoms with van der Waals surface area (Å²) in [5.41, 5.74) is -2.96. The van der Waals surface area contributed by atoms with Gasteiger partial charge in [-0.3, -0.25) is 9.59 Å². The number of ether oxygens (including phenoxy) is 2. The monoisotopic (exact) mass is 527 g/mol. The van der Waals surface area contributed by atoms with Gasteiger partial charge in [0.25, 0.3) is 11.8 Å². The van der Waals surface area contributed by atoms with E-state index in [0.717, 1.165) is 44.2 Å². The van der Waals surface area contributed by atoms with Crippen molar-refractivity contribution < 1.29 is 37.0 Å². The number of nitrogens with one attached hydrogen (secondary N) is 1. The van der Waals surface area contributed by atoms with Gasteiger partial charge in [0.2, 0.25) is 0 Å². The highest BCUT2D eigenvalue weighted by Crippen LogP contribution is 2.45. The van der Waals surface area contributed by atoms with Crippen molar-refractivity contribution in [2.24, 2.45) is 0 Å². The van der Waals surface area contributed by atoms with E-state index in [1.165, 1.54) is 18.9 Å². The average molecular weight is 528 g/mol. The number of anilines is 1. The van der Waals surface area contributed by atoms with Crippen molar-refractivity contribution in [3.63, 3.8) is 0 Å². The summed E-state index contributed by atoms with van der Waals surface area (Å²) >= 11 is 0. The van der Waals surface area contributed by atoms with Crippen LogP contribution in [0.4, 0.5) is 23.7 Å². The fourth-order valence-electron chi connectivity index (χ4n) is 5.06. The SMILES string of the molecule is CC[C@]1(C)Oc2cc(C(F)(F)F)c(C(=O)N(C(C)C)C3CCCCC3)cc2N(CCNC(=O)OC)C1=O. The lowest BCUT2D eigenvalue weighted by Crippen LogP contribution is -2.55. The fourth-order valence-corrected chi connectivity index (χ4v) is 5.06. The zero-order chi connectivity index (χ0) is 27.5. The Bertz CT molecular complexity index is 1020. The lowest BCUT2D eigenvalue weighted by atomic mass is 9.91. The zero-order valence-corrected chi connectivity index (χ0v) is 22.0. The molecule has 3 amide bonds. The molecule has 0 unspecified atom stereocenters. The first-order valence-corrected chi connectivity index (χ1v) is 12.7. The van der Waals surface area contributed by atoms with E-state index in [-0.39, 0.29) is 43.0 Å². The number of carbonyl (C=O) groups excluding carboxylic acids is 3. The standard InChI is InChI=1S/C26H36F3N3O5/c1-6-25(4)23(34)31(13-12-30-24(35)36-5)20-14-18(19(26(27,28)29)15-21(20)37-25)22(33)32(16(2)3)17-10-8-7-9-11-17/h14-17H,6-13H2,1-5H3,(H,30,35)/t25-/m0/s1. The summed E-state index contributed by atoms with van der Waals surface area (Å²) in [6.45, 7) is 6.73. The molecule has 37 heavy (non-hydrogen) atoms. The summed E-state index contributed by atoms with van der Waals surface area (Å²) in [5.74, 6) is -1.33. The van der Waals surface area contributed by atoms with Gasteiger partial charge in [-0.2, -0.15) is 13.2 Å². The molecule has 11 heteroatoms. The summed E-state index contributed by atoms with van der Waals surface area (Å²) < 4.78 is 53.3. The maximum Gasteiger partial charge on any atom is 0.417 e. The van der Waals surface area contributed by atoms with Gasteiger partial charge < -0.3 is 24.6 Å². The quantitative estimate of drug-likeness (QED) is 0.531. The number of amides is 3. The Labute approximate surface area is 215 Å². The highest BCUT2D eigenvalue weighted by Gasteiger charge is 2.46. The third-order valence-electron chi connectivity index (χ3n) is 7.18. The number of halogens is 3. The molecule has 0 bridgehead atoms. The van der Waals surface area contributed by atoms with E-state index >= 15 is 0 Å². The molecule has 1 fully saturated rings. The van der Waals surface area contributed by atoms with E-state index in [2.05, 4.69) is 10.1 Å². The molecule has 3 rings (SSSR count). The van der Waals surface area contributed by atoms with Crippen LogP contribution in [0.15, 0.2) is 12.1 Å². The Kier molecular flexibility index (Phi) is 8.64. The van der Waals surface area contributed by atoms with E-state index < -0.39 is 40.8 Å². The summed E-state index contributed by atoms with van der Waals surface area (Å²) in [6.07, 6.45) is -0.990. The Hall–Kier alpha value is -2.98. The number of alkyl carbamates (subject to hydrolysis) is 1. The second-order valence-corrected chi connectivity index (χ2v) is 10.0. The molecule has 1 aliphatic carbocycles. The van der Waals surface area contributed by atoms with Gasteiger partial charge in [-0.1, -0.05) is 26.2 Å². The van der Waals surface area contributed by atoms with Gasteiger partial charge in [0, 0.05) is 25.2 Å². The van der Waals surface area contributed by atoms with Crippen molar-refractivity contribution in [1.29, 1.82) is 0 Å². The minimum absolute atomic E-state index is 0.0118. The van der Waals surface area contributed by atoms with Crippen molar-refractivity contribution in [2.75, 3.05) is 25.1 Å². The molecule has 0 spiro atoms. The van der Waals surface area contributed by atoms with Crippen LogP contribution >= 0.6 is 0 Å². The molecule has 1 N–H and O–H groups in total. The van der Waals surface area contributed by atoms with E-state index in [4.69, 9.17) is 4.74 Å². The molecule has 1 atom stereocenters. The number of nitrogens with zero attached hydrogens (tertiary/aromatic N) is 2. The Morgan fingerprint density at radius 2 is 1.89 bits per heavy atom. The maximum absolute atomic E-state index is 14.3. The predicted octanol–water partition coefficient (Wildman–Crippen LogP) is 5.14. The lowest BCUT2D eigenvalue weighted by molar-refractivity contribution is -0.138. The van der Waals surface area contributed by atoms with Crippen LogP contribution in [-0.4, -0.2) is 60.7 Å². The summed E-state index contributed by atoms with van der Waals surface area (Å²) in [6, 6.07) is 1.47. The fraction of sp³-hybridized carbons (Fsp3) is 0.654. The molecular formula is C26H36F3N3O5. The minimum Gasteiger partial charge on any atom is -0.476 e. The second-order valence-electron chi connectivity index (χ2n) is 10.0. The van der Waals surface area contributed by atoms with Gasteiger partial charge in [0.1, 0.15) is 5.75 Å². The Morgan fingerprint density at radius 1 is 1.24 bits per heavy atom. The number of carbonyl (C=O) groups is 3. The molecule has 1 saturated carbocycles. The third-order valence-corrected chi connectivity index (χ3v) is 7.18. The van der Waals surface area contributed by atoms with Crippen LogP contribution in [0.3, 0.4) is 0 Å². The van der Waals surface area contributed by atoms with Crippen LogP contribution < -0.4 is 15.0 Å². The molecule has 8 nitrogen and oxygen atoms in total. The molecule has 0 aromatic heterocycles. The van der Waals surface area contributed by atoms with Crippen LogP contribution in [0, 0.1) is 0 Å². The lowest BCUT2D eigenvalue weighted by Gasteiger charge is -2.41. The molecule has 1 aromatic carbocycles. The molecule has 0 radical (unpaired) electrons. The number of hydrogen-bond acceptors (Lipinski definition) is 5. The second kappa shape index (κ2) is 11.2. The highest BCUT2D eigenvalue weighted by atomic mass is 19.4. The van der Waals surface area contributed by atoms with E-state index in [1.807, 2.05) is 0 Å². The average Bonchev–Trinajstić information content (AvgIpc) is 2.85. The molecular weight excluding hydrogens is 491 g/mol. The van der Waals surface area contributed by atoms with Gasteiger partial charge in [-0.25, -0.2) is 4.79 Å². The van der Waals surface area contributed by atoms with Crippen LogP contribution in [0.1, 0.15) is 82.1 Å². The topological polar surface area (TPSA) is 88.2 Å². The molecule has 1 aromatic rings. The normalized spacial score (nSPS) is 20.4. The highest BCUT2D eigenvalue weighted by molar-refractivity contribution is 6.05. The molecule has 2 aliphatic rings. The van der Waals surface area contributed by atoms with Crippen LogP contribution in [0.25, 0.3) is 0 Å². The number of rotatable bonds is 7. The first-order chi connectivity index (χ1) is 17.3. The van der Waals surface area contributed by atoms with Crippen molar-refractivity contribution in [1.82, 2.24) is 10.2 Å². The van der Waals surface area contributed by atoms with Crippen LogP contribution in [0.5, 0.6) is 5.75 Å². The summed E-state index contributed by atoms with van der Waals surface area (Å²) in [7, 11) is 1.20. The third kappa shape index (κ3) is 5.96. The summed E-state index contributed by atoms with van der Waals surface area (Å²) in [4.78, 5) is 41.5. The molecule has 1 heterocycles. The molecule has 1 aliphatic heterocycles. The minimum atomic E-state index is -4.82. The van der Waals surface area contributed by atoms with Crippen LogP contribution in [-0.2, 0) is 15.7 Å². The number of hydrogen-bond donors (Lipinski definition) is 1. The largest absolute Gasteiger partial charge is 0.476 e. The molecule has 206 valence electrons. The Morgan fingerprint density at radius 3 is 2.43 bits per heavy atom. The zero-order valence-electron chi connectivity index (χ0n) is 22.0. The van der Waals surface area contributed by atoms with Crippen LogP contribution in [0.2, 0.25) is 0 Å². The number of alkyl halides is 3. The summed E-state index contributed by atoms with van der Waals surface area (Å²) in [5, 5.41) is 2.47. The van der Waals surface area contributed by atoms with Crippen molar-refractivity contribution in [3.05, 3.63) is 23.3 Å². The van der Waals surface area contributed by atoms with Gasteiger partial charge in [-0.05, 0) is 52.2 Å². The van der Waals surface area contributed by atoms with Gasteiger partial charge in [0.15, 0.2) is 5.60 Å². The number of methoxy groups -OCH3 is 1. The first-order valence-electron chi connectivity index (χ1n) is 12.7. The van der Waals surface area contributed by atoms with Gasteiger partial charge in [0.05, 0.1) is 23.9 Å². The maximum atomic E-state index is 14.3. The van der Waals surface area contributed by atoms with Gasteiger partial charge >= 0.3 is 12.3 Å². The number of benzene rings is 1. The predicted molar refractivity (Wildman–Crippen MR) is 132 cm³/mol. The van der Waals surface area contributed by atoms with Crippen molar-refractivity contribution in [2.45, 2.75) is 90.1 Å². The number of fused-ring (bicyclic) bond motifs is 1. The van der Waals surface area contributed by atoms with E-state index in [0.29, 0.717) is 0 Å². The van der Waals surface area contributed by atoms with E-state index in [9.17, 15) is 27.6 Å². The molecule has 0 saturated heterocycles. The van der Waals surface area contributed by atoms with E-state index in [1.54, 1.807) is 25.7 Å².